The van der Waals surface area contributed by atoms with Crippen molar-refractivity contribution in [3.63, 3.8) is 0 Å². The molecule has 0 atom stereocenters. The Morgan fingerprint density at radius 1 is 1.40 bits per heavy atom. The van der Waals surface area contributed by atoms with Gasteiger partial charge in [0.15, 0.2) is 0 Å². The second-order valence-electron chi connectivity index (χ2n) is 4.39. The lowest BCUT2D eigenvalue weighted by molar-refractivity contribution is -0.385. The molecule has 0 unspecified atom stereocenters. The van der Waals surface area contributed by atoms with Crippen LogP contribution in [0.2, 0.25) is 0 Å². The van der Waals surface area contributed by atoms with Gasteiger partial charge in [0, 0.05) is 17.8 Å². The fourth-order valence-electron chi connectivity index (χ4n) is 1.91. The average Bonchev–Trinajstić information content (AvgIpc) is 2.41. The van der Waals surface area contributed by atoms with Crippen molar-refractivity contribution in [2.24, 2.45) is 0 Å². The topological polar surface area (TPSA) is 65.3 Å². The van der Waals surface area contributed by atoms with Gasteiger partial charge in [-0.25, -0.2) is 4.98 Å². The molecule has 0 saturated heterocycles. The van der Waals surface area contributed by atoms with Gasteiger partial charge in [-0.15, -0.1) is 11.6 Å². The third kappa shape index (κ3) is 2.88. The van der Waals surface area contributed by atoms with E-state index < -0.39 is 4.92 Å². The lowest BCUT2D eigenvalue weighted by Crippen LogP contribution is -1.99. The predicted octanol–water partition coefficient (Wildman–Crippen LogP) is 4.14. The quantitative estimate of drug-likeness (QED) is 0.482. The first-order valence-electron chi connectivity index (χ1n) is 5.96. The molecule has 0 spiro atoms. The number of alkyl halides is 1. The second-order valence-corrected chi connectivity index (χ2v) is 4.66. The SMILES string of the molecule is Cc1cc(C)c(Oc2ncccc2CCl)c([N+](=O)[O-])c1. The molecular formula is C14H13ClN2O3. The highest BCUT2D eigenvalue weighted by atomic mass is 35.5. The summed E-state index contributed by atoms with van der Waals surface area (Å²) in [7, 11) is 0. The number of benzene rings is 1. The Morgan fingerprint density at radius 3 is 2.80 bits per heavy atom. The van der Waals surface area contributed by atoms with E-state index in [9.17, 15) is 10.1 Å². The Hall–Kier alpha value is -2.14. The summed E-state index contributed by atoms with van der Waals surface area (Å²) in [6.07, 6.45) is 1.56. The van der Waals surface area contributed by atoms with Gasteiger partial charge in [0.05, 0.1) is 10.8 Å². The van der Waals surface area contributed by atoms with Crippen molar-refractivity contribution < 1.29 is 9.66 Å². The van der Waals surface area contributed by atoms with E-state index in [1.807, 2.05) is 6.07 Å². The van der Waals surface area contributed by atoms with Crippen LogP contribution in [0.15, 0.2) is 30.5 Å². The molecule has 5 nitrogen and oxygen atoms in total. The molecule has 2 aromatic rings. The minimum atomic E-state index is -0.460. The molecule has 0 bridgehead atoms. The molecule has 0 radical (unpaired) electrons. The molecule has 0 aliphatic rings. The van der Waals surface area contributed by atoms with Gasteiger partial charge in [0.25, 0.3) is 0 Å². The summed E-state index contributed by atoms with van der Waals surface area (Å²) in [6, 6.07) is 6.81. The highest BCUT2D eigenvalue weighted by Gasteiger charge is 2.20. The summed E-state index contributed by atoms with van der Waals surface area (Å²) in [6.45, 7) is 3.56. The Kier molecular flexibility index (Phi) is 4.20. The number of hydrogen-bond acceptors (Lipinski definition) is 4. The molecule has 20 heavy (non-hydrogen) atoms. The zero-order valence-corrected chi connectivity index (χ0v) is 11.8. The van der Waals surface area contributed by atoms with Crippen LogP contribution in [0.5, 0.6) is 11.6 Å². The summed E-state index contributed by atoms with van der Waals surface area (Å²) in [5, 5.41) is 11.1. The zero-order valence-electron chi connectivity index (χ0n) is 11.1. The van der Waals surface area contributed by atoms with Gasteiger partial charge in [0.2, 0.25) is 11.6 Å². The molecule has 104 valence electrons. The number of halogens is 1. The molecule has 1 aromatic heterocycles. The molecule has 0 saturated carbocycles. The van der Waals surface area contributed by atoms with Crippen LogP contribution in [-0.2, 0) is 5.88 Å². The van der Waals surface area contributed by atoms with Crippen LogP contribution < -0.4 is 4.74 Å². The van der Waals surface area contributed by atoms with Gasteiger partial charge in [-0.05, 0) is 31.0 Å². The standard InChI is InChI=1S/C14H13ClN2O3/c1-9-6-10(2)13(12(7-9)17(18)19)20-14-11(8-15)4-3-5-16-14/h3-7H,8H2,1-2H3. The van der Waals surface area contributed by atoms with Crippen LogP contribution in [0.4, 0.5) is 5.69 Å². The van der Waals surface area contributed by atoms with Crippen molar-refractivity contribution in [3.05, 3.63) is 57.3 Å². The van der Waals surface area contributed by atoms with Crippen LogP contribution in [0, 0.1) is 24.0 Å². The summed E-state index contributed by atoms with van der Waals surface area (Å²) in [4.78, 5) is 14.8. The van der Waals surface area contributed by atoms with Crippen LogP contribution >= 0.6 is 11.6 Å². The molecule has 1 aromatic carbocycles. The number of nitro groups is 1. The number of aromatic nitrogens is 1. The second kappa shape index (κ2) is 5.88. The maximum atomic E-state index is 11.1. The number of hydrogen-bond donors (Lipinski definition) is 0. The van der Waals surface area contributed by atoms with Gasteiger partial charge in [-0.3, -0.25) is 10.1 Å². The van der Waals surface area contributed by atoms with E-state index in [0.717, 1.165) is 5.56 Å². The van der Waals surface area contributed by atoms with Crippen molar-refractivity contribution in [1.29, 1.82) is 0 Å². The molecule has 0 aliphatic heterocycles. The Bertz CT molecular complexity index is 659. The number of nitro benzene ring substituents is 1. The molecule has 2 rings (SSSR count). The number of nitrogens with zero attached hydrogens (tertiary/aromatic N) is 2. The van der Waals surface area contributed by atoms with Crippen molar-refractivity contribution in [3.8, 4) is 11.6 Å². The maximum absolute atomic E-state index is 11.1. The highest BCUT2D eigenvalue weighted by Crippen LogP contribution is 2.36. The van der Waals surface area contributed by atoms with Crippen LogP contribution in [-0.4, -0.2) is 9.91 Å². The molecule has 0 aliphatic carbocycles. The maximum Gasteiger partial charge on any atom is 0.312 e. The first-order chi connectivity index (χ1) is 9.52. The smallest absolute Gasteiger partial charge is 0.312 e. The fraction of sp³-hybridized carbons (Fsp3) is 0.214. The molecule has 0 N–H and O–H groups in total. The van der Waals surface area contributed by atoms with Crippen molar-refractivity contribution in [2.45, 2.75) is 19.7 Å². The average molecular weight is 293 g/mol. The first-order valence-corrected chi connectivity index (χ1v) is 6.49. The van der Waals surface area contributed by atoms with Crippen molar-refractivity contribution in [1.82, 2.24) is 4.98 Å². The molecule has 1 heterocycles. The first kappa shape index (κ1) is 14.3. The largest absolute Gasteiger partial charge is 0.431 e. The number of aryl methyl sites for hydroxylation is 2. The predicted molar refractivity (Wildman–Crippen MR) is 76.4 cm³/mol. The number of rotatable bonds is 4. The molecule has 6 heteroatoms. The summed E-state index contributed by atoms with van der Waals surface area (Å²) in [5.41, 5.74) is 2.10. The Labute approximate surface area is 121 Å². The fourth-order valence-corrected chi connectivity index (χ4v) is 2.12. The van der Waals surface area contributed by atoms with E-state index in [1.165, 1.54) is 6.07 Å². The van der Waals surface area contributed by atoms with Gasteiger partial charge in [0.1, 0.15) is 0 Å². The van der Waals surface area contributed by atoms with Crippen molar-refractivity contribution in [2.75, 3.05) is 0 Å². The summed E-state index contributed by atoms with van der Waals surface area (Å²) < 4.78 is 5.64. The Balaban J connectivity index is 2.50. The van der Waals surface area contributed by atoms with Gasteiger partial charge < -0.3 is 4.74 Å². The highest BCUT2D eigenvalue weighted by molar-refractivity contribution is 6.17. The Morgan fingerprint density at radius 2 is 2.15 bits per heavy atom. The van der Waals surface area contributed by atoms with Crippen LogP contribution in [0.3, 0.4) is 0 Å². The molecular weight excluding hydrogens is 280 g/mol. The lowest BCUT2D eigenvalue weighted by atomic mass is 10.1. The summed E-state index contributed by atoms with van der Waals surface area (Å²) in [5.74, 6) is 0.713. The number of ether oxygens (including phenoxy) is 1. The number of pyridine rings is 1. The van der Waals surface area contributed by atoms with E-state index >= 15 is 0 Å². The van der Waals surface area contributed by atoms with E-state index in [0.29, 0.717) is 11.1 Å². The van der Waals surface area contributed by atoms with Crippen molar-refractivity contribution >= 4 is 17.3 Å². The van der Waals surface area contributed by atoms with Gasteiger partial charge in [-0.2, -0.15) is 0 Å². The zero-order chi connectivity index (χ0) is 14.7. The lowest BCUT2D eigenvalue weighted by Gasteiger charge is -2.11. The third-order valence-electron chi connectivity index (χ3n) is 2.79. The third-order valence-corrected chi connectivity index (χ3v) is 3.08. The minimum Gasteiger partial charge on any atom is -0.431 e. The molecule has 0 fully saturated rings. The van der Waals surface area contributed by atoms with Gasteiger partial charge >= 0.3 is 5.69 Å². The molecule has 0 amide bonds. The van der Waals surface area contributed by atoms with E-state index in [-0.39, 0.29) is 23.2 Å². The van der Waals surface area contributed by atoms with E-state index in [4.69, 9.17) is 16.3 Å². The minimum absolute atomic E-state index is 0.0753. The van der Waals surface area contributed by atoms with Gasteiger partial charge in [-0.1, -0.05) is 12.1 Å². The van der Waals surface area contributed by atoms with E-state index in [1.54, 1.807) is 32.2 Å². The van der Waals surface area contributed by atoms with Crippen LogP contribution in [0.25, 0.3) is 0 Å². The van der Waals surface area contributed by atoms with Crippen LogP contribution in [0.1, 0.15) is 16.7 Å². The summed E-state index contributed by atoms with van der Waals surface area (Å²) >= 11 is 5.81. The van der Waals surface area contributed by atoms with E-state index in [2.05, 4.69) is 4.98 Å². The normalized spacial score (nSPS) is 10.3. The monoisotopic (exact) mass is 292 g/mol.